The zero-order valence-corrected chi connectivity index (χ0v) is 25.8. The highest BCUT2D eigenvalue weighted by Crippen LogP contribution is 2.49. The topological polar surface area (TPSA) is 42.0 Å². The van der Waals surface area contributed by atoms with Gasteiger partial charge in [-0.25, -0.2) is 0 Å². The predicted molar refractivity (Wildman–Crippen MR) is 167 cm³/mol. The summed E-state index contributed by atoms with van der Waals surface area (Å²) in [4.78, 5) is 18.3. The Balaban J connectivity index is 1.39. The van der Waals surface area contributed by atoms with Crippen molar-refractivity contribution in [1.29, 1.82) is 0 Å². The number of aryl methyl sites for hydroxylation is 1. The maximum Gasteiger partial charge on any atom is 0.311 e. The second-order valence-electron chi connectivity index (χ2n) is 12.9. The average molecular weight is 559 g/mol. The highest BCUT2D eigenvalue weighted by Gasteiger charge is 2.39. The normalized spacial score (nSPS) is 20.7. The van der Waals surface area contributed by atoms with Gasteiger partial charge in [-0.15, -0.1) is 0 Å². The number of carbonyl (C=O) groups is 1. The molecule has 0 saturated carbocycles. The maximum atomic E-state index is 13.3. The molecule has 222 valence electrons. The van der Waals surface area contributed by atoms with Crippen molar-refractivity contribution in [2.45, 2.75) is 110 Å². The van der Waals surface area contributed by atoms with Crippen molar-refractivity contribution in [2.24, 2.45) is 0 Å². The van der Waals surface area contributed by atoms with Crippen molar-refractivity contribution < 1.29 is 14.3 Å². The van der Waals surface area contributed by atoms with Gasteiger partial charge in [0.25, 0.3) is 0 Å². The SMILES string of the molecule is CCCCCc1cc(OC(=O)CCCN2CCCCC2C)c2c(c1)OC(C)(C)C1=C2CN(Cc2ccccc2)CC1. The first-order valence-corrected chi connectivity index (χ1v) is 16.1. The van der Waals surface area contributed by atoms with Gasteiger partial charge in [0.15, 0.2) is 0 Å². The van der Waals surface area contributed by atoms with Gasteiger partial charge < -0.3 is 14.4 Å². The minimum absolute atomic E-state index is 0.133. The molecule has 1 fully saturated rings. The van der Waals surface area contributed by atoms with E-state index in [1.165, 1.54) is 54.4 Å². The lowest BCUT2D eigenvalue weighted by Gasteiger charge is -2.42. The summed E-state index contributed by atoms with van der Waals surface area (Å²) in [6.45, 7) is 13.8. The molecule has 1 saturated heterocycles. The van der Waals surface area contributed by atoms with E-state index >= 15 is 0 Å². The molecule has 0 amide bonds. The summed E-state index contributed by atoms with van der Waals surface area (Å²) in [5, 5.41) is 0. The average Bonchev–Trinajstić information content (AvgIpc) is 2.94. The van der Waals surface area contributed by atoms with E-state index in [2.05, 4.69) is 80.0 Å². The number of fused-ring (bicyclic) bond motifs is 2. The summed E-state index contributed by atoms with van der Waals surface area (Å²) >= 11 is 0. The minimum atomic E-state index is -0.379. The predicted octanol–water partition coefficient (Wildman–Crippen LogP) is 7.81. The van der Waals surface area contributed by atoms with Gasteiger partial charge >= 0.3 is 5.97 Å². The number of likely N-dealkylation sites (tertiary alicyclic amines) is 1. The van der Waals surface area contributed by atoms with Gasteiger partial charge in [-0.1, -0.05) is 56.5 Å². The van der Waals surface area contributed by atoms with Crippen LogP contribution in [0.15, 0.2) is 48.0 Å². The van der Waals surface area contributed by atoms with Crippen molar-refractivity contribution >= 4 is 11.5 Å². The van der Waals surface area contributed by atoms with Crippen LogP contribution in [0, 0.1) is 0 Å². The third-order valence-electron chi connectivity index (χ3n) is 9.25. The zero-order valence-electron chi connectivity index (χ0n) is 25.8. The molecule has 0 N–H and O–H groups in total. The largest absolute Gasteiger partial charge is 0.483 e. The molecule has 3 aliphatic rings. The molecule has 5 rings (SSSR count). The van der Waals surface area contributed by atoms with Gasteiger partial charge in [0.1, 0.15) is 17.1 Å². The molecule has 0 aliphatic carbocycles. The maximum absolute atomic E-state index is 13.3. The van der Waals surface area contributed by atoms with Crippen LogP contribution < -0.4 is 9.47 Å². The fraction of sp³-hybridized carbons (Fsp3) is 0.583. The van der Waals surface area contributed by atoms with Crippen molar-refractivity contribution in [3.8, 4) is 11.5 Å². The Morgan fingerprint density at radius 1 is 1.05 bits per heavy atom. The number of piperidine rings is 1. The molecule has 5 heteroatoms. The van der Waals surface area contributed by atoms with Crippen LogP contribution in [0.25, 0.3) is 5.57 Å². The Hall–Kier alpha value is -2.63. The smallest absolute Gasteiger partial charge is 0.311 e. The zero-order chi connectivity index (χ0) is 28.8. The highest BCUT2D eigenvalue weighted by atomic mass is 16.5. The molecule has 1 unspecified atom stereocenters. The van der Waals surface area contributed by atoms with Crippen LogP contribution in [0.2, 0.25) is 0 Å². The number of hydrogen-bond acceptors (Lipinski definition) is 5. The molecule has 3 aliphatic heterocycles. The van der Waals surface area contributed by atoms with Crippen LogP contribution in [0.3, 0.4) is 0 Å². The molecule has 0 spiro atoms. The quantitative estimate of drug-likeness (QED) is 0.160. The van der Waals surface area contributed by atoms with Crippen molar-refractivity contribution in [3.05, 3.63) is 64.7 Å². The molecule has 0 radical (unpaired) electrons. The van der Waals surface area contributed by atoms with E-state index in [1.807, 2.05) is 0 Å². The number of carbonyl (C=O) groups excluding carboxylic acids is 1. The summed E-state index contributed by atoms with van der Waals surface area (Å²) in [5.41, 5.74) is 5.75. The molecule has 2 aromatic carbocycles. The van der Waals surface area contributed by atoms with Crippen molar-refractivity contribution in [1.82, 2.24) is 9.80 Å². The lowest BCUT2D eigenvalue weighted by molar-refractivity contribution is -0.134. The Kier molecular flexibility index (Phi) is 9.87. The van der Waals surface area contributed by atoms with Crippen molar-refractivity contribution in [3.63, 3.8) is 0 Å². The van der Waals surface area contributed by atoms with Crippen LogP contribution in [-0.2, 0) is 17.8 Å². The van der Waals surface area contributed by atoms with E-state index in [1.54, 1.807) is 0 Å². The number of ether oxygens (including phenoxy) is 2. The first-order valence-electron chi connectivity index (χ1n) is 16.1. The molecule has 0 bridgehead atoms. The first kappa shape index (κ1) is 29.8. The monoisotopic (exact) mass is 558 g/mol. The van der Waals surface area contributed by atoms with Crippen LogP contribution >= 0.6 is 0 Å². The van der Waals surface area contributed by atoms with Gasteiger partial charge in [0, 0.05) is 32.1 Å². The molecule has 0 aromatic heterocycles. The summed E-state index contributed by atoms with van der Waals surface area (Å²) in [7, 11) is 0. The van der Waals surface area contributed by atoms with E-state index < -0.39 is 0 Å². The number of hydrogen-bond donors (Lipinski definition) is 0. The van der Waals surface area contributed by atoms with E-state index in [4.69, 9.17) is 9.47 Å². The van der Waals surface area contributed by atoms with E-state index in [0.717, 1.165) is 69.7 Å². The van der Waals surface area contributed by atoms with Crippen LogP contribution in [0.4, 0.5) is 0 Å². The fourth-order valence-electron chi connectivity index (χ4n) is 6.94. The van der Waals surface area contributed by atoms with Crippen LogP contribution in [0.1, 0.15) is 102 Å². The minimum Gasteiger partial charge on any atom is -0.483 e. The van der Waals surface area contributed by atoms with Gasteiger partial charge in [-0.2, -0.15) is 0 Å². The molecular weight excluding hydrogens is 508 g/mol. The Labute approximate surface area is 247 Å². The fourth-order valence-corrected chi connectivity index (χ4v) is 6.94. The number of benzene rings is 2. The van der Waals surface area contributed by atoms with Gasteiger partial charge in [0.2, 0.25) is 0 Å². The van der Waals surface area contributed by atoms with Gasteiger partial charge in [-0.05, 0) is 107 Å². The van der Waals surface area contributed by atoms with Crippen molar-refractivity contribution in [2.75, 3.05) is 26.2 Å². The first-order chi connectivity index (χ1) is 19.8. The Morgan fingerprint density at radius 3 is 2.66 bits per heavy atom. The second-order valence-corrected chi connectivity index (χ2v) is 12.9. The number of nitrogens with zero attached hydrogens (tertiary/aromatic N) is 2. The highest BCUT2D eigenvalue weighted by molar-refractivity contribution is 5.84. The van der Waals surface area contributed by atoms with E-state index in [0.29, 0.717) is 18.2 Å². The molecule has 3 heterocycles. The van der Waals surface area contributed by atoms with Gasteiger partial charge in [-0.3, -0.25) is 9.69 Å². The Morgan fingerprint density at radius 2 is 1.88 bits per heavy atom. The number of esters is 1. The lowest BCUT2D eigenvalue weighted by atomic mass is 9.81. The molecule has 2 aromatic rings. The standard InChI is InChI=1S/C36H50N2O3/c1-5-6-8-17-29-23-32(40-34(39)18-13-21-38-20-12-11-14-27(38)2)35-30-26-37(25-28-15-9-7-10-16-28)22-19-31(30)36(3,4)41-33(35)24-29/h7,9-10,15-16,23-24,27H,5-6,8,11-14,17-22,25-26H2,1-4H3. The summed E-state index contributed by atoms with van der Waals surface area (Å²) in [6.07, 6.45) is 10.5. The summed E-state index contributed by atoms with van der Waals surface area (Å²) < 4.78 is 13.0. The summed E-state index contributed by atoms with van der Waals surface area (Å²) in [6, 6.07) is 15.6. The Bertz CT molecular complexity index is 1220. The molecule has 5 nitrogen and oxygen atoms in total. The van der Waals surface area contributed by atoms with Gasteiger partial charge in [0.05, 0.1) is 5.56 Å². The third-order valence-corrected chi connectivity index (χ3v) is 9.25. The number of rotatable bonds is 11. The molecule has 41 heavy (non-hydrogen) atoms. The summed E-state index contributed by atoms with van der Waals surface area (Å²) in [5.74, 6) is 1.43. The lowest BCUT2D eigenvalue weighted by Crippen LogP contribution is -2.42. The van der Waals surface area contributed by atoms with Crippen LogP contribution in [0.5, 0.6) is 11.5 Å². The molecular formula is C36H50N2O3. The van der Waals surface area contributed by atoms with E-state index in [-0.39, 0.29) is 11.6 Å². The molecule has 1 atom stereocenters. The third kappa shape index (κ3) is 7.42. The number of unbranched alkanes of at least 4 members (excludes halogenated alkanes) is 2. The van der Waals surface area contributed by atoms with Crippen LogP contribution in [-0.4, -0.2) is 53.6 Å². The van der Waals surface area contributed by atoms with E-state index in [9.17, 15) is 4.79 Å². The second kappa shape index (κ2) is 13.6.